The van der Waals surface area contributed by atoms with E-state index in [0.717, 1.165) is 0 Å². The minimum absolute atomic E-state index is 0.312. The van der Waals surface area contributed by atoms with Crippen LogP contribution in [-0.2, 0) is 17.0 Å². The molecule has 0 aliphatic carbocycles. The van der Waals surface area contributed by atoms with Gasteiger partial charge in [-0.15, -0.1) is 0 Å². The van der Waals surface area contributed by atoms with Gasteiger partial charge in [0, 0.05) is 0 Å². The Hall–Kier alpha value is 3.92. The molecular formula is Br6Fe2. The van der Waals surface area contributed by atoms with E-state index in [4.69, 9.17) is 0 Å². The molecule has 0 heterocycles. The van der Waals surface area contributed by atoms with E-state index in [1.165, 1.54) is 0 Å². The number of rotatable bonds is 0. The van der Waals surface area contributed by atoms with E-state index in [0.29, 0.717) is 0 Å². The van der Waals surface area contributed by atoms with Crippen LogP contribution in [0.3, 0.4) is 0 Å². The zero-order valence-corrected chi connectivity index (χ0v) is 14.7. The van der Waals surface area contributed by atoms with Gasteiger partial charge in [0.05, 0.1) is 0 Å². The third kappa shape index (κ3) is 51.4. The van der Waals surface area contributed by atoms with Gasteiger partial charge in [-0.05, 0) is 0 Å². The first-order valence-corrected chi connectivity index (χ1v) is 17.2. The Balaban J connectivity index is 0. The van der Waals surface area contributed by atoms with Crippen LogP contribution in [0.15, 0.2) is 0 Å². The van der Waals surface area contributed by atoms with Crippen LogP contribution in [0.25, 0.3) is 0 Å². The van der Waals surface area contributed by atoms with E-state index in [1.807, 2.05) is 0 Å². The molecule has 8 heteroatoms. The second-order valence-electron chi connectivity index (χ2n) is 0.303. The van der Waals surface area contributed by atoms with E-state index < -0.39 is 0 Å². The second kappa shape index (κ2) is 10.9. The summed E-state index contributed by atoms with van der Waals surface area (Å²) < 4.78 is 0. The third-order valence-corrected chi connectivity index (χ3v) is 0. The predicted octanol–water partition coefficient (Wildman–Crippen LogP) is 5.07. The van der Waals surface area contributed by atoms with E-state index in [1.54, 1.807) is 0 Å². The molecule has 0 aromatic rings. The van der Waals surface area contributed by atoms with Crippen molar-refractivity contribution in [2.45, 2.75) is 0 Å². The minimum atomic E-state index is -0.312. The van der Waals surface area contributed by atoms with Crippen LogP contribution in [-0.4, -0.2) is 0 Å². The summed E-state index contributed by atoms with van der Waals surface area (Å²) >= 11 is 19.1. The first kappa shape index (κ1) is 14.4. The van der Waals surface area contributed by atoms with Crippen molar-refractivity contribution in [1.29, 1.82) is 0 Å². The molecule has 0 aromatic heterocycles. The summed E-state index contributed by atoms with van der Waals surface area (Å²) in [7, 11) is -0.625. The van der Waals surface area contributed by atoms with Crippen molar-refractivity contribution in [3.8, 4) is 0 Å². The Morgan fingerprint density at radius 1 is 0.500 bits per heavy atom. The third-order valence-electron chi connectivity index (χ3n) is 0. The van der Waals surface area contributed by atoms with Gasteiger partial charge in [-0.25, -0.2) is 0 Å². The standard InChI is InChI=1S/6BrH.2Fe/h6*1H;;/q;;;;;;2*+3/p-6. The summed E-state index contributed by atoms with van der Waals surface area (Å²) in [6, 6.07) is 0. The van der Waals surface area contributed by atoms with Crippen molar-refractivity contribution < 1.29 is 17.0 Å². The van der Waals surface area contributed by atoms with Crippen LogP contribution in [0.1, 0.15) is 0 Å². The molecule has 0 radical (unpaired) electrons. The molecule has 0 saturated carbocycles. The summed E-state index contributed by atoms with van der Waals surface area (Å²) in [5.74, 6) is 0. The zero-order chi connectivity index (χ0) is 7.15. The predicted molar refractivity (Wildman–Crippen MR) is 53.6 cm³/mol. The molecule has 0 aliphatic heterocycles. The van der Waals surface area contributed by atoms with Crippen LogP contribution in [0.5, 0.6) is 0 Å². The molecule has 0 amide bonds. The van der Waals surface area contributed by atoms with Crippen LogP contribution in [0.4, 0.5) is 0 Å². The SMILES string of the molecule is [Br][Fe]([Br])[Br].[Br][Fe]([Br])[Br]. The van der Waals surface area contributed by atoms with Gasteiger partial charge >= 0.3 is 102 Å². The molecule has 8 heavy (non-hydrogen) atoms. The van der Waals surface area contributed by atoms with E-state index in [2.05, 4.69) is 84.7 Å². The normalized spacial score (nSPS) is 11.2. The molecule has 0 bridgehead atoms. The van der Waals surface area contributed by atoms with Crippen LogP contribution in [0.2, 0.25) is 0 Å². The van der Waals surface area contributed by atoms with Crippen molar-refractivity contribution in [3.63, 3.8) is 0 Å². The Morgan fingerprint density at radius 2 is 0.500 bits per heavy atom. The fourth-order valence-corrected chi connectivity index (χ4v) is 0. The van der Waals surface area contributed by atoms with Crippen molar-refractivity contribution in [1.82, 2.24) is 0 Å². The molecule has 0 spiro atoms. The molecule has 0 fully saturated rings. The van der Waals surface area contributed by atoms with E-state index in [-0.39, 0.29) is 17.0 Å². The molecule has 0 aromatic carbocycles. The second-order valence-corrected chi connectivity index (χ2v) is 33.7. The summed E-state index contributed by atoms with van der Waals surface area (Å²) in [6.45, 7) is 0. The first-order chi connectivity index (χ1) is 3.46. The number of hydrogen-bond acceptors (Lipinski definition) is 0. The monoisotopic (exact) mass is 585 g/mol. The van der Waals surface area contributed by atoms with E-state index >= 15 is 0 Å². The van der Waals surface area contributed by atoms with E-state index in [9.17, 15) is 0 Å². The van der Waals surface area contributed by atoms with Gasteiger partial charge in [-0.1, -0.05) is 0 Å². The molecule has 0 aliphatic rings. The molecule has 0 saturated heterocycles. The Labute approximate surface area is 99.2 Å². The fourth-order valence-electron chi connectivity index (χ4n) is 0. The topological polar surface area (TPSA) is 0 Å². The molecule has 0 N–H and O–H groups in total. The zero-order valence-electron chi connectivity index (χ0n) is 2.97. The van der Waals surface area contributed by atoms with Gasteiger partial charge in [0.1, 0.15) is 0 Å². The van der Waals surface area contributed by atoms with Crippen LogP contribution in [0, 0.1) is 0 Å². The molecule has 0 nitrogen and oxygen atoms in total. The molecular weight excluding hydrogens is 591 g/mol. The summed E-state index contributed by atoms with van der Waals surface area (Å²) in [5, 5.41) is 0. The Bertz CT molecular complexity index is 22.0. The molecule has 0 rings (SSSR count). The van der Waals surface area contributed by atoms with Crippen molar-refractivity contribution in [3.05, 3.63) is 0 Å². The average Bonchev–Trinajstić information content (AvgIpc) is 1.25. The van der Waals surface area contributed by atoms with Gasteiger partial charge in [0.2, 0.25) is 0 Å². The molecule has 0 unspecified atom stereocenters. The number of halogens is 6. The van der Waals surface area contributed by atoms with Gasteiger partial charge in [-0.2, -0.15) is 0 Å². The first-order valence-electron chi connectivity index (χ1n) is 0.802. The molecule has 58 valence electrons. The maximum atomic E-state index is 3.19. The van der Waals surface area contributed by atoms with Crippen molar-refractivity contribution in [2.75, 3.05) is 0 Å². The fraction of sp³-hybridized carbons (Fsp3) is 0. The van der Waals surface area contributed by atoms with Gasteiger partial charge in [0.15, 0.2) is 0 Å². The van der Waals surface area contributed by atoms with Crippen LogP contribution >= 0.6 is 84.7 Å². The summed E-state index contributed by atoms with van der Waals surface area (Å²) in [6.07, 6.45) is 0. The summed E-state index contributed by atoms with van der Waals surface area (Å²) in [4.78, 5) is 0. The molecule has 0 atom stereocenters. The van der Waals surface area contributed by atoms with Gasteiger partial charge in [0.25, 0.3) is 0 Å². The van der Waals surface area contributed by atoms with Gasteiger partial charge < -0.3 is 0 Å². The summed E-state index contributed by atoms with van der Waals surface area (Å²) in [5.41, 5.74) is 0. The average molecular weight is 591 g/mol. The van der Waals surface area contributed by atoms with Crippen molar-refractivity contribution in [2.24, 2.45) is 0 Å². The van der Waals surface area contributed by atoms with Gasteiger partial charge in [-0.3, -0.25) is 0 Å². The maximum absolute atomic E-state index is 3.19. The number of hydrogen-bond donors (Lipinski definition) is 0. The van der Waals surface area contributed by atoms with Crippen molar-refractivity contribution >= 4 is 84.7 Å². The Morgan fingerprint density at radius 3 is 0.500 bits per heavy atom. The Kier molecular flexibility index (Phi) is 19.7. The quantitative estimate of drug-likeness (QED) is 0.346. The van der Waals surface area contributed by atoms with Crippen LogP contribution < -0.4 is 0 Å².